The molecule has 11 heavy (non-hydrogen) atoms. The van der Waals surface area contributed by atoms with Crippen LogP contribution in [-0.4, -0.2) is 23.1 Å². The Morgan fingerprint density at radius 2 is 2.27 bits per heavy atom. The fourth-order valence-electron chi connectivity index (χ4n) is 0.344. The van der Waals surface area contributed by atoms with E-state index in [2.05, 4.69) is 36.6 Å². The second kappa shape index (κ2) is 6.91. The van der Waals surface area contributed by atoms with Gasteiger partial charge in [0.1, 0.15) is 6.61 Å². The molecule has 3 nitrogen and oxygen atoms in total. The van der Waals surface area contributed by atoms with Crippen LogP contribution in [0.3, 0.4) is 0 Å². The Bertz CT molecular complexity index is 118. The largest absolute Gasteiger partial charge is 0.509 e. The lowest BCUT2D eigenvalue weighted by Gasteiger charge is -2.08. The monoisotopic (exact) mass is 288 g/mol. The van der Waals surface area contributed by atoms with Gasteiger partial charge in [-0.05, 0) is 22.4 Å². The summed E-state index contributed by atoms with van der Waals surface area (Å²) in [5.41, 5.74) is 0. The van der Waals surface area contributed by atoms with E-state index in [9.17, 15) is 4.79 Å². The molecule has 0 spiro atoms. The van der Waals surface area contributed by atoms with E-state index in [1.165, 1.54) is 0 Å². The summed E-state index contributed by atoms with van der Waals surface area (Å²) in [6, 6.07) is 0. The second-order valence-corrected chi connectivity index (χ2v) is 3.54. The first-order chi connectivity index (χ1) is 5.20. The molecule has 66 valence electrons. The molecule has 0 heterocycles. The predicted octanol–water partition coefficient (Wildman–Crippen LogP) is 2.67. The van der Waals surface area contributed by atoms with Crippen molar-refractivity contribution in [2.24, 2.45) is 0 Å². The van der Waals surface area contributed by atoms with Gasteiger partial charge in [0, 0.05) is 5.33 Å². The minimum atomic E-state index is -0.631. The maximum absolute atomic E-state index is 10.7. The summed E-state index contributed by atoms with van der Waals surface area (Å²) in [5, 5.41) is 0.381. The van der Waals surface area contributed by atoms with Crippen LogP contribution in [0.1, 0.15) is 13.3 Å². The van der Waals surface area contributed by atoms with Crippen LogP contribution >= 0.6 is 31.9 Å². The average molecular weight is 290 g/mol. The third-order valence-corrected chi connectivity index (χ3v) is 2.00. The first-order valence-electron chi connectivity index (χ1n) is 3.24. The summed E-state index contributed by atoms with van der Waals surface area (Å²) < 4.78 is 9.36. The summed E-state index contributed by atoms with van der Waals surface area (Å²) in [7, 11) is 0. The summed E-state index contributed by atoms with van der Waals surface area (Å²) in [5.74, 6) is 0. The molecule has 0 aliphatic carbocycles. The Kier molecular flexibility index (Phi) is 7.06. The molecule has 0 aromatic rings. The van der Waals surface area contributed by atoms with Crippen molar-refractivity contribution in [3.63, 3.8) is 0 Å². The van der Waals surface area contributed by atoms with E-state index in [1.807, 2.05) is 6.92 Å². The number of rotatable bonds is 4. The van der Waals surface area contributed by atoms with E-state index in [1.54, 1.807) is 0 Å². The van der Waals surface area contributed by atoms with Gasteiger partial charge in [-0.3, -0.25) is 0 Å². The number of ether oxygens (including phenoxy) is 2. The van der Waals surface area contributed by atoms with Crippen LogP contribution in [0.15, 0.2) is 0 Å². The summed E-state index contributed by atoms with van der Waals surface area (Å²) in [6.45, 7) is 2.24. The van der Waals surface area contributed by atoms with Crippen LogP contribution in [0.5, 0.6) is 0 Å². The molecule has 0 aromatic heterocycles. The molecule has 0 saturated carbocycles. The van der Waals surface area contributed by atoms with E-state index in [0.717, 1.165) is 6.42 Å². The van der Waals surface area contributed by atoms with Gasteiger partial charge in [-0.15, -0.1) is 0 Å². The molecule has 0 bridgehead atoms. The van der Waals surface area contributed by atoms with Gasteiger partial charge in [-0.2, -0.15) is 0 Å². The van der Waals surface area contributed by atoms with Crippen LogP contribution in [0.2, 0.25) is 0 Å². The number of alkyl halides is 2. The van der Waals surface area contributed by atoms with Crippen LogP contribution in [0.4, 0.5) is 4.79 Å². The maximum Gasteiger partial charge on any atom is 0.509 e. The van der Waals surface area contributed by atoms with Crippen molar-refractivity contribution in [2.75, 3.05) is 11.9 Å². The van der Waals surface area contributed by atoms with E-state index in [-0.39, 0.29) is 5.01 Å². The van der Waals surface area contributed by atoms with E-state index < -0.39 is 6.16 Å². The molecule has 0 radical (unpaired) electrons. The molecule has 1 atom stereocenters. The van der Waals surface area contributed by atoms with Crippen molar-refractivity contribution >= 4 is 38.0 Å². The highest BCUT2D eigenvalue weighted by atomic mass is 79.9. The SMILES string of the molecule is CCC(Br)OC(=O)OCCBr. The average Bonchev–Trinajstić information content (AvgIpc) is 2.00. The number of carbonyl (C=O) groups excluding carboxylic acids is 1. The van der Waals surface area contributed by atoms with Gasteiger partial charge in [0.05, 0.1) is 0 Å². The van der Waals surface area contributed by atoms with Crippen LogP contribution in [-0.2, 0) is 9.47 Å². The van der Waals surface area contributed by atoms with Gasteiger partial charge in [0.15, 0.2) is 5.01 Å². The van der Waals surface area contributed by atoms with Crippen LogP contribution in [0, 0.1) is 0 Å². The summed E-state index contributed by atoms with van der Waals surface area (Å²) >= 11 is 6.25. The summed E-state index contributed by atoms with van der Waals surface area (Å²) in [6.07, 6.45) is 0.0943. The zero-order chi connectivity index (χ0) is 8.69. The Balaban J connectivity index is 3.36. The standard InChI is InChI=1S/C6H10Br2O3/c1-2-5(8)11-6(9)10-4-3-7/h5H,2-4H2,1H3. The Labute approximate surface area is 82.7 Å². The second-order valence-electron chi connectivity index (χ2n) is 1.72. The minimum absolute atomic E-state index is 0.245. The lowest BCUT2D eigenvalue weighted by molar-refractivity contribution is 0.0529. The quantitative estimate of drug-likeness (QED) is 0.590. The molecular weight excluding hydrogens is 280 g/mol. The van der Waals surface area contributed by atoms with Crippen molar-refractivity contribution in [1.29, 1.82) is 0 Å². The van der Waals surface area contributed by atoms with Crippen molar-refractivity contribution < 1.29 is 14.3 Å². The Morgan fingerprint density at radius 3 is 2.73 bits per heavy atom. The third kappa shape index (κ3) is 6.62. The van der Waals surface area contributed by atoms with E-state index >= 15 is 0 Å². The Morgan fingerprint density at radius 1 is 1.64 bits per heavy atom. The number of halogens is 2. The first-order valence-corrected chi connectivity index (χ1v) is 5.27. The normalized spacial score (nSPS) is 12.3. The molecule has 0 rings (SSSR count). The van der Waals surface area contributed by atoms with Crippen LogP contribution < -0.4 is 0 Å². The van der Waals surface area contributed by atoms with Gasteiger partial charge in [0.2, 0.25) is 0 Å². The third-order valence-electron chi connectivity index (χ3n) is 0.842. The molecule has 0 aliphatic rings. The Hall–Kier alpha value is 0.230. The zero-order valence-electron chi connectivity index (χ0n) is 6.18. The van der Waals surface area contributed by atoms with E-state index in [4.69, 9.17) is 4.74 Å². The van der Waals surface area contributed by atoms with Crippen molar-refractivity contribution in [2.45, 2.75) is 18.4 Å². The molecule has 0 fully saturated rings. The highest BCUT2D eigenvalue weighted by Crippen LogP contribution is 2.06. The van der Waals surface area contributed by atoms with Crippen LogP contribution in [0.25, 0.3) is 0 Å². The van der Waals surface area contributed by atoms with Gasteiger partial charge >= 0.3 is 6.16 Å². The molecular formula is C6H10Br2O3. The highest BCUT2D eigenvalue weighted by Gasteiger charge is 2.08. The van der Waals surface area contributed by atoms with E-state index in [0.29, 0.717) is 11.9 Å². The number of hydrogen-bond donors (Lipinski definition) is 0. The predicted molar refractivity (Wildman–Crippen MR) is 49.2 cm³/mol. The number of hydrogen-bond acceptors (Lipinski definition) is 3. The van der Waals surface area contributed by atoms with Gasteiger partial charge in [-0.1, -0.05) is 22.9 Å². The lowest BCUT2D eigenvalue weighted by Crippen LogP contribution is -2.13. The lowest BCUT2D eigenvalue weighted by atomic mass is 10.5. The van der Waals surface area contributed by atoms with Gasteiger partial charge < -0.3 is 9.47 Å². The number of carbonyl (C=O) groups is 1. The molecule has 0 aliphatic heterocycles. The molecule has 0 aromatic carbocycles. The van der Waals surface area contributed by atoms with Crippen molar-refractivity contribution in [3.05, 3.63) is 0 Å². The first kappa shape index (κ1) is 11.2. The van der Waals surface area contributed by atoms with Crippen molar-refractivity contribution in [1.82, 2.24) is 0 Å². The minimum Gasteiger partial charge on any atom is -0.433 e. The summed E-state index contributed by atoms with van der Waals surface area (Å²) in [4.78, 5) is 10.7. The maximum atomic E-state index is 10.7. The highest BCUT2D eigenvalue weighted by molar-refractivity contribution is 9.09. The van der Waals surface area contributed by atoms with Crippen molar-refractivity contribution in [3.8, 4) is 0 Å². The smallest absolute Gasteiger partial charge is 0.433 e. The molecule has 0 amide bonds. The zero-order valence-corrected chi connectivity index (χ0v) is 9.35. The fraction of sp³-hybridized carbons (Fsp3) is 0.833. The molecule has 0 N–H and O–H groups in total. The fourth-order valence-corrected chi connectivity index (χ4v) is 0.658. The topological polar surface area (TPSA) is 35.5 Å². The molecule has 0 saturated heterocycles. The molecule has 5 heteroatoms. The van der Waals surface area contributed by atoms with Gasteiger partial charge in [0.25, 0.3) is 0 Å². The molecule has 1 unspecified atom stereocenters. The van der Waals surface area contributed by atoms with Gasteiger partial charge in [-0.25, -0.2) is 4.79 Å².